The van der Waals surface area contributed by atoms with Crippen LogP contribution in [-0.2, 0) is 11.3 Å². The second-order valence-corrected chi connectivity index (χ2v) is 5.87. The number of nitrogen functional groups attached to an aromatic ring is 1. The third-order valence-electron chi connectivity index (χ3n) is 3.62. The Kier molecular flexibility index (Phi) is 6.35. The Hall–Kier alpha value is -3.68. The maximum absolute atomic E-state index is 12.2. The van der Waals surface area contributed by atoms with Gasteiger partial charge in [0.05, 0.1) is 12.2 Å². The summed E-state index contributed by atoms with van der Waals surface area (Å²) < 4.78 is 10.8. The van der Waals surface area contributed by atoms with E-state index in [0.717, 1.165) is 12.1 Å². The standard InChI is InChI=1S/C20H21N5O3/c1-2-12-27-16-10-8-14(9-11-16)18(26)28-13-17-23-19(21)25-20(24-17)22-15-6-4-3-5-7-15/h3-11H,2,12-13H2,1H3,(H3,21,22,23,24,25). The zero-order valence-corrected chi connectivity index (χ0v) is 15.5. The van der Waals surface area contributed by atoms with E-state index < -0.39 is 5.97 Å². The van der Waals surface area contributed by atoms with E-state index in [0.29, 0.717) is 17.9 Å². The van der Waals surface area contributed by atoms with Gasteiger partial charge in [-0.25, -0.2) is 4.79 Å². The van der Waals surface area contributed by atoms with Crippen LogP contribution in [-0.4, -0.2) is 27.5 Å². The molecule has 28 heavy (non-hydrogen) atoms. The van der Waals surface area contributed by atoms with Crippen molar-refractivity contribution in [3.05, 3.63) is 66.0 Å². The molecule has 0 saturated heterocycles. The highest BCUT2D eigenvalue weighted by atomic mass is 16.5. The number of para-hydroxylation sites is 1. The summed E-state index contributed by atoms with van der Waals surface area (Å²) in [5.74, 6) is 0.792. The summed E-state index contributed by atoms with van der Waals surface area (Å²) in [5, 5.41) is 3.03. The smallest absolute Gasteiger partial charge is 0.338 e. The predicted octanol–water partition coefficient (Wildman–Crippen LogP) is 3.34. The van der Waals surface area contributed by atoms with Gasteiger partial charge in [0.1, 0.15) is 5.75 Å². The van der Waals surface area contributed by atoms with Crippen LogP contribution >= 0.6 is 0 Å². The zero-order chi connectivity index (χ0) is 19.8. The topological polar surface area (TPSA) is 112 Å². The number of carbonyl (C=O) groups excluding carboxylic acids is 1. The van der Waals surface area contributed by atoms with Crippen LogP contribution in [0.3, 0.4) is 0 Å². The highest BCUT2D eigenvalue weighted by molar-refractivity contribution is 5.89. The minimum Gasteiger partial charge on any atom is -0.494 e. The van der Waals surface area contributed by atoms with Gasteiger partial charge in [-0.2, -0.15) is 15.0 Å². The molecule has 3 rings (SSSR count). The Morgan fingerprint density at radius 1 is 1.04 bits per heavy atom. The molecule has 8 nitrogen and oxygen atoms in total. The molecule has 144 valence electrons. The molecule has 0 amide bonds. The Morgan fingerprint density at radius 3 is 2.50 bits per heavy atom. The molecule has 0 aliphatic carbocycles. The van der Waals surface area contributed by atoms with Crippen LogP contribution in [0.15, 0.2) is 54.6 Å². The van der Waals surface area contributed by atoms with Gasteiger partial charge in [-0.15, -0.1) is 0 Å². The molecule has 0 atom stereocenters. The summed E-state index contributed by atoms with van der Waals surface area (Å²) in [4.78, 5) is 24.5. The van der Waals surface area contributed by atoms with E-state index in [1.54, 1.807) is 24.3 Å². The first-order chi connectivity index (χ1) is 13.6. The van der Waals surface area contributed by atoms with Gasteiger partial charge in [-0.1, -0.05) is 25.1 Å². The fourth-order valence-electron chi connectivity index (χ4n) is 2.33. The average molecular weight is 379 g/mol. The average Bonchev–Trinajstić information content (AvgIpc) is 2.71. The normalized spacial score (nSPS) is 10.3. The fourth-order valence-corrected chi connectivity index (χ4v) is 2.33. The lowest BCUT2D eigenvalue weighted by atomic mass is 10.2. The first-order valence-corrected chi connectivity index (χ1v) is 8.86. The Labute approximate surface area is 162 Å². The molecule has 3 aromatic rings. The van der Waals surface area contributed by atoms with Crippen molar-refractivity contribution in [2.75, 3.05) is 17.7 Å². The van der Waals surface area contributed by atoms with Gasteiger partial charge in [0.2, 0.25) is 11.9 Å². The molecule has 0 aliphatic heterocycles. The monoisotopic (exact) mass is 379 g/mol. The molecule has 1 aromatic heterocycles. The molecule has 0 saturated carbocycles. The highest BCUT2D eigenvalue weighted by Crippen LogP contribution is 2.15. The molecule has 2 aromatic carbocycles. The molecule has 3 N–H and O–H groups in total. The molecule has 8 heteroatoms. The van der Waals surface area contributed by atoms with Crippen molar-refractivity contribution in [1.29, 1.82) is 0 Å². The second-order valence-electron chi connectivity index (χ2n) is 5.87. The SMILES string of the molecule is CCCOc1ccc(C(=O)OCc2nc(N)nc(Nc3ccccc3)n2)cc1. The summed E-state index contributed by atoms with van der Waals surface area (Å²) in [5.41, 5.74) is 6.95. The van der Waals surface area contributed by atoms with E-state index in [1.807, 2.05) is 37.3 Å². The maximum atomic E-state index is 12.2. The van der Waals surface area contributed by atoms with E-state index >= 15 is 0 Å². The lowest BCUT2D eigenvalue weighted by Gasteiger charge is -2.08. The van der Waals surface area contributed by atoms with Crippen molar-refractivity contribution in [3.8, 4) is 5.75 Å². The number of hydrogen-bond donors (Lipinski definition) is 2. The van der Waals surface area contributed by atoms with Crippen LogP contribution in [0.5, 0.6) is 5.75 Å². The van der Waals surface area contributed by atoms with Gasteiger partial charge in [0.15, 0.2) is 12.4 Å². The van der Waals surface area contributed by atoms with Gasteiger partial charge in [-0.05, 0) is 42.8 Å². The molecule has 0 spiro atoms. The number of nitrogens with one attached hydrogen (secondary N) is 1. The summed E-state index contributed by atoms with van der Waals surface area (Å²) in [6.45, 7) is 2.54. The molecule has 0 bridgehead atoms. The number of anilines is 3. The van der Waals surface area contributed by atoms with Gasteiger partial charge in [-0.3, -0.25) is 0 Å². The number of carbonyl (C=O) groups is 1. The first kappa shape index (κ1) is 19.1. The number of esters is 1. The lowest BCUT2D eigenvalue weighted by Crippen LogP contribution is -2.11. The molecular formula is C20H21N5O3. The van der Waals surface area contributed by atoms with E-state index in [4.69, 9.17) is 15.2 Å². The van der Waals surface area contributed by atoms with Crippen molar-refractivity contribution in [2.45, 2.75) is 20.0 Å². The maximum Gasteiger partial charge on any atom is 0.338 e. The molecule has 0 aliphatic rings. The van der Waals surface area contributed by atoms with Crippen molar-refractivity contribution in [2.24, 2.45) is 0 Å². The number of nitrogens with zero attached hydrogens (tertiary/aromatic N) is 3. The number of rotatable bonds is 8. The second kappa shape index (κ2) is 9.31. The number of hydrogen-bond acceptors (Lipinski definition) is 8. The lowest BCUT2D eigenvalue weighted by molar-refractivity contribution is 0.0462. The Balaban J connectivity index is 1.61. The molecule has 1 heterocycles. The highest BCUT2D eigenvalue weighted by Gasteiger charge is 2.11. The third kappa shape index (κ3) is 5.41. The Bertz CT molecular complexity index is 917. The zero-order valence-electron chi connectivity index (χ0n) is 15.5. The van der Waals surface area contributed by atoms with E-state index in [-0.39, 0.29) is 24.3 Å². The molecule has 0 fully saturated rings. The third-order valence-corrected chi connectivity index (χ3v) is 3.62. The number of ether oxygens (including phenoxy) is 2. The minimum atomic E-state index is -0.487. The van der Waals surface area contributed by atoms with Crippen molar-refractivity contribution < 1.29 is 14.3 Å². The Morgan fingerprint density at radius 2 is 1.79 bits per heavy atom. The van der Waals surface area contributed by atoms with Crippen LogP contribution in [0, 0.1) is 0 Å². The molecule has 0 unspecified atom stereocenters. The van der Waals surface area contributed by atoms with Crippen molar-refractivity contribution in [1.82, 2.24) is 15.0 Å². The molecule has 0 radical (unpaired) electrons. The van der Waals surface area contributed by atoms with Crippen molar-refractivity contribution in [3.63, 3.8) is 0 Å². The van der Waals surface area contributed by atoms with Crippen LogP contribution in [0.25, 0.3) is 0 Å². The van der Waals surface area contributed by atoms with Crippen LogP contribution in [0.2, 0.25) is 0 Å². The number of aromatic nitrogens is 3. The summed E-state index contributed by atoms with van der Waals surface area (Å²) >= 11 is 0. The quantitative estimate of drug-likeness (QED) is 0.573. The van der Waals surface area contributed by atoms with Gasteiger partial charge in [0.25, 0.3) is 0 Å². The van der Waals surface area contributed by atoms with Gasteiger partial charge >= 0.3 is 5.97 Å². The minimum absolute atomic E-state index is 0.0388. The summed E-state index contributed by atoms with van der Waals surface area (Å²) in [7, 11) is 0. The van der Waals surface area contributed by atoms with Gasteiger partial charge < -0.3 is 20.5 Å². The van der Waals surface area contributed by atoms with E-state index in [9.17, 15) is 4.79 Å². The first-order valence-electron chi connectivity index (χ1n) is 8.86. The van der Waals surface area contributed by atoms with Crippen LogP contribution < -0.4 is 15.8 Å². The van der Waals surface area contributed by atoms with Gasteiger partial charge in [0, 0.05) is 5.69 Å². The number of benzene rings is 2. The molecular weight excluding hydrogens is 358 g/mol. The largest absolute Gasteiger partial charge is 0.494 e. The van der Waals surface area contributed by atoms with E-state index in [1.165, 1.54) is 0 Å². The fraction of sp³-hybridized carbons (Fsp3) is 0.200. The van der Waals surface area contributed by atoms with E-state index in [2.05, 4.69) is 20.3 Å². The van der Waals surface area contributed by atoms with Crippen LogP contribution in [0.4, 0.5) is 17.6 Å². The predicted molar refractivity (Wildman–Crippen MR) is 105 cm³/mol. The summed E-state index contributed by atoms with van der Waals surface area (Å²) in [6, 6.07) is 16.2. The van der Waals surface area contributed by atoms with Crippen molar-refractivity contribution >= 4 is 23.6 Å². The van der Waals surface area contributed by atoms with Crippen LogP contribution in [0.1, 0.15) is 29.5 Å². The summed E-state index contributed by atoms with van der Waals surface area (Å²) in [6.07, 6.45) is 0.917. The number of nitrogens with two attached hydrogens (primary N) is 1.